The zero-order chi connectivity index (χ0) is 16.8. The number of hydrogen-bond donors (Lipinski definition) is 0. The second kappa shape index (κ2) is 5.26. The summed E-state index contributed by atoms with van der Waals surface area (Å²) in [5.41, 5.74) is 1.94. The second-order valence-electron chi connectivity index (χ2n) is 5.70. The molecule has 6 heteroatoms. The lowest BCUT2D eigenvalue weighted by Gasteiger charge is -2.11. The highest BCUT2D eigenvalue weighted by atomic mass is 19.1. The van der Waals surface area contributed by atoms with E-state index in [2.05, 4.69) is 4.98 Å². The number of fused-ring (bicyclic) bond motifs is 3. The Hall–Kier alpha value is -3.02. The molecular formula is C18H13F2N3O. The first-order chi connectivity index (χ1) is 11.5. The Kier molecular flexibility index (Phi) is 3.19. The van der Waals surface area contributed by atoms with E-state index in [0.717, 1.165) is 5.69 Å². The fourth-order valence-corrected chi connectivity index (χ4v) is 3.05. The first-order valence-corrected chi connectivity index (χ1v) is 7.46. The summed E-state index contributed by atoms with van der Waals surface area (Å²) >= 11 is 0. The molecule has 0 radical (unpaired) electrons. The summed E-state index contributed by atoms with van der Waals surface area (Å²) in [5, 5.41) is 12.8. The van der Waals surface area contributed by atoms with Crippen LogP contribution in [0.5, 0.6) is 0 Å². The first kappa shape index (κ1) is 14.6. The summed E-state index contributed by atoms with van der Waals surface area (Å²) in [7, 11) is 0. The number of benzene rings is 2. The largest absolute Gasteiger partial charge is 0.623 e. The van der Waals surface area contributed by atoms with E-state index >= 15 is 0 Å². The van der Waals surface area contributed by atoms with Crippen molar-refractivity contribution < 1.29 is 13.5 Å². The number of aryl methyl sites for hydroxylation is 1. The van der Waals surface area contributed by atoms with Gasteiger partial charge >= 0.3 is 0 Å². The zero-order valence-corrected chi connectivity index (χ0v) is 12.8. The van der Waals surface area contributed by atoms with Crippen LogP contribution in [0.4, 0.5) is 8.78 Å². The van der Waals surface area contributed by atoms with E-state index in [1.807, 2.05) is 6.92 Å². The van der Waals surface area contributed by atoms with Crippen molar-refractivity contribution in [2.75, 3.05) is 0 Å². The van der Waals surface area contributed by atoms with Gasteiger partial charge < -0.3 is 5.21 Å². The molecule has 0 N–H and O–H groups in total. The Morgan fingerprint density at radius 2 is 1.92 bits per heavy atom. The van der Waals surface area contributed by atoms with Crippen LogP contribution in [0.1, 0.15) is 22.6 Å². The van der Waals surface area contributed by atoms with E-state index in [1.54, 1.807) is 29.0 Å². The summed E-state index contributed by atoms with van der Waals surface area (Å²) in [5.74, 6) is -0.489. The fourth-order valence-electron chi connectivity index (χ4n) is 3.05. The summed E-state index contributed by atoms with van der Waals surface area (Å²) in [6.07, 6.45) is 1.78. The molecule has 0 spiro atoms. The topological polar surface area (TPSA) is 43.9 Å². The van der Waals surface area contributed by atoms with Gasteiger partial charge in [0.15, 0.2) is 5.82 Å². The molecule has 0 atom stereocenters. The van der Waals surface area contributed by atoms with Gasteiger partial charge in [0.05, 0.1) is 22.5 Å². The van der Waals surface area contributed by atoms with Gasteiger partial charge in [-0.1, -0.05) is 12.1 Å². The van der Waals surface area contributed by atoms with Crippen molar-refractivity contribution in [3.8, 4) is 5.69 Å². The van der Waals surface area contributed by atoms with Crippen molar-refractivity contribution >= 4 is 5.71 Å². The van der Waals surface area contributed by atoms with Gasteiger partial charge in [-0.2, -0.15) is 4.74 Å². The number of imidazole rings is 1. The summed E-state index contributed by atoms with van der Waals surface area (Å²) in [4.78, 5) is 4.35. The van der Waals surface area contributed by atoms with Gasteiger partial charge in [0.1, 0.15) is 11.6 Å². The first-order valence-electron chi connectivity index (χ1n) is 7.46. The molecule has 4 rings (SSSR count). The molecule has 1 aliphatic rings. The molecule has 0 saturated carbocycles. The van der Waals surface area contributed by atoms with Crippen molar-refractivity contribution in [3.05, 3.63) is 88.1 Å². The Morgan fingerprint density at radius 3 is 2.71 bits per heavy atom. The van der Waals surface area contributed by atoms with Crippen LogP contribution in [-0.4, -0.2) is 20.0 Å². The number of rotatable bonds is 1. The minimum absolute atomic E-state index is 0.0478. The minimum atomic E-state index is -0.528. The Morgan fingerprint density at radius 1 is 1.12 bits per heavy atom. The molecule has 0 aliphatic carbocycles. The number of hydroxylamine groups is 1. The monoisotopic (exact) mass is 325 g/mol. The quantitative estimate of drug-likeness (QED) is 0.509. The molecule has 120 valence electrons. The molecule has 0 bridgehead atoms. The van der Waals surface area contributed by atoms with E-state index in [0.29, 0.717) is 21.8 Å². The van der Waals surface area contributed by atoms with Crippen LogP contribution in [0.15, 0.2) is 48.7 Å². The molecule has 2 aromatic carbocycles. The maximum atomic E-state index is 14.3. The van der Waals surface area contributed by atoms with Crippen molar-refractivity contribution in [3.63, 3.8) is 0 Å². The fraction of sp³-hybridized carbons (Fsp3) is 0.111. The maximum absolute atomic E-state index is 14.3. The smallest absolute Gasteiger partial charge is 0.231 e. The van der Waals surface area contributed by atoms with Crippen molar-refractivity contribution in [2.24, 2.45) is 0 Å². The van der Waals surface area contributed by atoms with Crippen LogP contribution in [0.25, 0.3) is 5.69 Å². The lowest BCUT2D eigenvalue weighted by Crippen LogP contribution is -2.19. The van der Waals surface area contributed by atoms with Crippen molar-refractivity contribution in [1.29, 1.82) is 0 Å². The van der Waals surface area contributed by atoms with Gasteiger partial charge in [-0.25, -0.2) is 13.8 Å². The highest BCUT2D eigenvalue weighted by molar-refractivity contribution is 6.12. The Bertz CT molecular complexity index is 992. The number of hydrogen-bond acceptors (Lipinski definition) is 2. The van der Waals surface area contributed by atoms with Gasteiger partial charge in [0.25, 0.3) is 0 Å². The normalized spacial score (nSPS) is 13.5. The summed E-state index contributed by atoms with van der Waals surface area (Å²) in [6.45, 7) is 1.77. The van der Waals surface area contributed by atoms with E-state index in [4.69, 9.17) is 0 Å². The van der Waals surface area contributed by atoms with E-state index in [9.17, 15) is 14.0 Å². The predicted molar refractivity (Wildman–Crippen MR) is 85.2 cm³/mol. The molecule has 1 aliphatic heterocycles. The minimum Gasteiger partial charge on any atom is -0.623 e. The summed E-state index contributed by atoms with van der Waals surface area (Å²) < 4.78 is 30.6. The molecular weight excluding hydrogens is 312 g/mol. The van der Waals surface area contributed by atoms with Crippen molar-refractivity contribution in [2.45, 2.75) is 13.5 Å². The van der Waals surface area contributed by atoms with Gasteiger partial charge in [-0.15, -0.1) is 0 Å². The molecule has 1 aromatic heterocycles. The average Bonchev–Trinajstić information content (AvgIpc) is 2.85. The SMILES string of the molecule is Cc1cn2c(n1)C[N+]([O-])=C(c1ccccc1F)c1cc(F)ccc1-2. The molecule has 0 saturated heterocycles. The maximum Gasteiger partial charge on any atom is 0.231 e. The highest BCUT2D eigenvalue weighted by Gasteiger charge is 2.29. The van der Waals surface area contributed by atoms with Crippen LogP contribution in [0.3, 0.4) is 0 Å². The predicted octanol–water partition coefficient (Wildman–Crippen LogP) is 3.32. The third-order valence-corrected chi connectivity index (χ3v) is 4.04. The summed E-state index contributed by atoms with van der Waals surface area (Å²) in [6, 6.07) is 10.1. The Balaban J connectivity index is 2.07. The third-order valence-electron chi connectivity index (χ3n) is 4.04. The number of halogens is 2. The van der Waals surface area contributed by atoms with Crippen LogP contribution in [-0.2, 0) is 6.54 Å². The number of nitrogens with zero attached hydrogens (tertiary/aromatic N) is 3. The highest BCUT2D eigenvalue weighted by Crippen LogP contribution is 2.26. The van der Waals surface area contributed by atoms with Crippen molar-refractivity contribution in [1.82, 2.24) is 9.55 Å². The molecule has 0 fully saturated rings. The molecule has 0 unspecified atom stereocenters. The lowest BCUT2D eigenvalue weighted by atomic mass is 9.99. The van der Waals surface area contributed by atoms with Crippen LogP contribution in [0, 0.1) is 23.8 Å². The molecule has 2 heterocycles. The van der Waals surface area contributed by atoms with Crippen LogP contribution < -0.4 is 0 Å². The average molecular weight is 325 g/mol. The number of aromatic nitrogens is 2. The second-order valence-corrected chi connectivity index (χ2v) is 5.70. The zero-order valence-electron chi connectivity index (χ0n) is 12.8. The molecule has 3 aromatic rings. The van der Waals surface area contributed by atoms with Crippen LogP contribution in [0.2, 0.25) is 0 Å². The standard InChI is InChI=1S/C18H13F2N3O/c1-11-9-22-16-7-6-12(19)8-14(16)18(23(24)10-17(22)21-11)13-4-2-3-5-15(13)20/h2-9H,10H2,1H3. The third kappa shape index (κ3) is 2.19. The van der Waals surface area contributed by atoms with Gasteiger partial charge in [-0.3, -0.25) is 4.57 Å². The lowest BCUT2D eigenvalue weighted by molar-refractivity contribution is -0.475. The van der Waals surface area contributed by atoms with E-state index in [-0.39, 0.29) is 17.8 Å². The van der Waals surface area contributed by atoms with E-state index in [1.165, 1.54) is 24.3 Å². The van der Waals surface area contributed by atoms with Gasteiger partial charge in [0.2, 0.25) is 12.3 Å². The van der Waals surface area contributed by atoms with Gasteiger partial charge in [-0.05, 0) is 37.3 Å². The molecule has 24 heavy (non-hydrogen) atoms. The Labute approximate surface area is 136 Å². The molecule has 4 nitrogen and oxygen atoms in total. The van der Waals surface area contributed by atoms with E-state index < -0.39 is 11.6 Å². The molecule has 0 amide bonds. The van der Waals surface area contributed by atoms with Gasteiger partial charge in [0, 0.05) is 6.20 Å². The van der Waals surface area contributed by atoms with Crippen LogP contribution >= 0.6 is 0 Å².